The van der Waals surface area contributed by atoms with E-state index < -0.39 is 0 Å². The molecule has 0 radical (unpaired) electrons. The smallest absolute Gasteiger partial charge is 0.134 e. The lowest BCUT2D eigenvalue weighted by Gasteiger charge is -1.97. The van der Waals surface area contributed by atoms with Crippen LogP contribution >= 0.6 is 0 Å². The normalized spacial score (nSPS) is 14.0. The zero-order valence-electron chi connectivity index (χ0n) is 8.94. The molecule has 1 aromatic heterocycles. The van der Waals surface area contributed by atoms with Crippen molar-refractivity contribution in [2.24, 2.45) is 0 Å². The fourth-order valence-electron chi connectivity index (χ4n) is 1.95. The van der Waals surface area contributed by atoms with Gasteiger partial charge in [0.1, 0.15) is 11.5 Å². The molecule has 0 aliphatic carbocycles. The summed E-state index contributed by atoms with van der Waals surface area (Å²) in [5.41, 5.74) is 2.42. The molecule has 80 valence electrons. The van der Waals surface area contributed by atoms with Gasteiger partial charge in [-0.1, -0.05) is 36.4 Å². The predicted molar refractivity (Wildman–Crippen MR) is 63.8 cm³/mol. The minimum Gasteiger partial charge on any atom is -0.459 e. The molecule has 2 nitrogen and oxygen atoms in total. The van der Waals surface area contributed by atoms with E-state index in [-0.39, 0.29) is 0 Å². The summed E-state index contributed by atoms with van der Waals surface area (Å²) >= 11 is 0. The number of nitrogens with one attached hydrogen (secondary N) is 1. The van der Waals surface area contributed by atoms with Crippen LogP contribution in [0.1, 0.15) is 11.3 Å². The van der Waals surface area contributed by atoms with Gasteiger partial charge in [-0.3, -0.25) is 0 Å². The second-order valence-corrected chi connectivity index (χ2v) is 3.91. The first-order valence-electron chi connectivity index (χ1n) is 5.49. The summed E-state index contributed by atoms with van der Waals surface area (Å²) in [5, 5.41) is 3.19. The summed E-state index contributed by atoms with van der Waals surface area (Å²) in [6, 6.07) is 12.4. The molecule has 0 atom stereocenters. The molecular weight excluding hydrogens is 198 g/mol. The maximum atomic E-state index is 5.87. The fourth-order valence-corrected chi connectivity index (χ4v) is 1.95. The quantitative estimate of drug-likeness (QED) is 0.784. The molecule has 0 amide bonds. The van der Waals surface area contributed by atoms with Crippen LogP contribution in [-0.4, -0.2) is 0 Å². The van der Waals surface area contributed by atoms with E-state index in [1.807, 2.05) is 24.4 Å². The summed E-state index contributed by atoms with van der Waals surface area (Å²) in [6.07, 6.45) is 5.05. The highest BCUT2D eigenvalue weighted by Crippen LogP contribution is 2.26. The van der Waals surface area contributed by atoms with Gasteiger partial charge in [-0.15, -0.1) is 0 Å². The minimum atomic E-state index is 0.776. The van der Waals surface area contributed by atoms with Crippen molar-refractivity contribution in [2.45, 2.75) is 13.0 Å². The number of fused-ring (bicyclic) bond motifs is 1. The summed E-state index contributed by atoms with van der Waals surface area (Å²) in [4.78, 5) is 0. The number of hydrogen-bond acceptors (Lipinski definition) is 2. The molecular formula is C14H13NO. The van der Waals surface area contributed by atoms with E-state index in [2.05, 4.69) is 29.6 Å². The summed E-state index contributed by atoms with van der Waals surface area (Å²) in [7, 11) is 0. The van der Waals surface area contributed by atoms with Crippen LogP contribution in [0, 0.1) is 0 Å². The largest absolute Gasteiger partial charge is 0.459 e. The number of allylic oxidation sites excluding steroid dienone is 1. The lowest BCUT2D eigenvalue weighted by molar-refractivity contribution is 0.510. The van der Waals surface area contributed by atoms with E-state index in [9.17, 15) is 0 Å². The summed E-state index contributed by atoms with van der Waals surface area (Å²) in [5.74, 6) is 2.01. The van der Waals surface area contributed by atoms with Crippen LogP contribution in [0.5, 0.6) is 0 Å². The molecule has 2 heteroatoms. The zero-order chi connectivity index (χ0) is 10.8. The van der Waals surface area contributed by atoms with Gasteiger partial charge in [0.15, 0.2) is 0 Å². The van der Waals surface area contributed by atoms with Crippen molar-refractivity contribution in [3.8, 4) is 11.3 Å². The zero-order valence-corrected chi connectivity index (χ0v) is 8.94. The lowest BCUT2D eigenvalue weighted by atomic mass is 10.1. The first-order chi connectivity index (χ1) is 7.93. The Labute approximate surface area is 94.6 Å². The van der Waals surface area contributed by atoms with Crippen molar-refractivity contribution in [1.82, 2.24) is 5.32 Å². The second kappa shape index (κ2) is 3.89. The molecule has 2 heterocycles. The first-order valence-corrected chi connectivity index (χ1v) is 5.49. The van der Waals surface area contributed by atoms with Crippen molar-refractivity contribution in [2.75, 3.05) is 0 Å². The van der Waals surface area contributed by atoms with E-state index >= 15 is 0 Å². The van der Waals surface area contributed by atoms with Gasteiger partial charge in [0.05, 0.1) is 6.54 Å². The maximum absolute atomic E-state index is 5.87. The highest BCUT2D eigenvalue weighted by molar-refractivity contribution is 5.59. The number of rotatable bonds is 1. The molecule has 1 aromatic carbocycles. The van der Waals surface area contributed by atoms with E-state index in [1.54, 1.807) is 0 Å². The molecule has 1 N–H and O–H groups in total. The highest BCUT2D eigenvalue weighted by Gasteiger charge is 2.12. The van der Waals surface area contributed by atoms with Crippen LogP contribution in [0.3, 0.4) is 0 Å². The third kappa shape index (κ3) is 1.63. The second-order valence-electron chi connectivity index (χ2n) is 3.91. The molecule has 16 heavy (non-hydrogen) atoms. The van der Waals surface area contributed by atoms with Gasteiger partial charge in [0, 0.05) is 5.56 Å². The van der Waals surface area contributed by atoms with Crippen molar-refractivity contribution >= 4 is 0 Å². The summed E-state index contributed by atoms with van der Waals surface area (Å²) < 4.78 is 5.87. The van der Waals surface area contributed by atoms with Crippen LogP contribution in [-0.2, 0) is 13.0 Å². The third-order valence-electron chi connectivity index (χ3n) is 2.79. The number of hydrogen-bond donors (Lipinski definition) is 1. The number of furan rings is 1. The Morgan fingerprint density at radius 1 is 1.12 bits per heavy atom. The molecule has 0 saturated carbocycles. The molecule has 0 bridgehead atoms. The van der Waals surface area contributed by atoms with E-state index in [1.165, 1.54) is 5.56 Å². The van der Waals surface area contributed by atoms with Crippen LogP contribution in [0.2, 0.25) is 0 Å². The van der Waals surface area contributed by atoms with Gasteiger partial charge in [-0.05, 0) is 24.3 Å². The Hall–Kier alpha value is -1.96. The molecule has 3 rings (SSSR count). The van der Waals surface area contributed by atoms with Gasteiger partial charge in [0.25, 0.3) is 0 Å². The van der Waals surface area contributed by atoms with Gasteiger partial charge >= 0.3 is 0 Å². The van der Waals surface area contributed by atoms with Crippen LogP contribution in [0.4, 0.5) is 0 Å². The monoisotopic (exact) mass is 211 g/mol. The Kier molecular flexibility index (Phi) is 2.26. The van der Waals surface area contributed by atoms with Gasteiger partial charge in [0.2, 0.25) is 0 Å². The molecule has 0 saturated heterocycles. The van der Waals surface area contributed by atoms with Crippen molar-refractivity contribution in [1.29, 1.82) is 0 Å². The topological polar surface area (TPSA) is 25.2 Å². The lowest BCUT2D eigenvalue weighted by Crippen LogP contribution is -2.01. The molecule has 1 aliphatic heterocycles. The fraction of sp³-hybridized carbons (Fsp3) is 0.143. The standard InChI is InChI=1S/C14H13NO/c1-2-5-11(6-3-1)13-9-12-7-4-8-15-10-14(12)16-13/h1-6,8-9,15H,7,10H2. The number of benzene rings is 1. The summed E-state index contributed by atoms with van der Waals surface area (Å²) in [6.45, 7) is 0.776. The molecule has 1 aliphatic rings. The minimum absolute atomic E-state index is 0.776. The molecule has 2 aromatic rings. The molecule has 0 fully saturated rings. The van der Waals surface area contributed by atoms with Gasteiger partial charge < -0.3 is 9.73 Å². The highest BCUT2D eigenvalue weighted by atomic mass is 16.3. The third-order valence-corrected chi connectivity index (χ3v) is 2.79. The Balaban J connectivity index is 2.02. The van der Waals surface area contributed by atoms with Crippen LogP contribution in [0.25, 0.3) is 11.3 Å². The van der Waals surface area contributed by atoms with E-state index in [0.717, 1.165) is 30.0 Å². The van der Waals surface area contributed by atoms with Crippen molar-refractivity contribution in [3.63, 3.8) is 0 Å². The Bertz CT molecular complexity index is 511. The molecule has 0 spiro atoms. The van der Waals surface area contributed by atoms with Gasteiger partial charge in [-0.2, -0.15) is 0 Å². The van der Waals surface area contributed by atoms with Gasteiger partial charge in [-0.25, -0.2) is 0 Å². The van der Waals surface area contributed by atoms with E-state index in [0.29, 0.717) is 0 Å². The average molecular weight is 211 g/mol. The van der Waals surface area contributed by atoms with E-state index in [4.69, 9.17) is 4.42 Å². The Morgan fingerprint density at radius 3 is 2.88 bits per heavy atom. The van der Waals surface area contributed by atoms with Crippen molar-refractivity contribution in [3.05, 3.63) is 60.0 Å². The SMILES string of the molecule is C1=CNCc2oc(-c3ccccc3)cc2C1. The molecule has 0 unspecified atom stereocenters. The van der Waals surface area contributed by atoms with Crippen LogP contribution < -0.4 is 5.32 Å². The Morgan fingerprint density at radius 2 is 2.00 bits per heavy atom. The first kappa shape index (κ1) is 9.28. The maximum Gasteiger partial charge on any atom is 0.134 e. The average Bonchev–Trinajstić information content (AvgIpc) is 2.62. The van der Waals surface area contributed by atoms with Crippen LogP contribution in [0.15, 0.2) is 53.1 Å². The predicted octanol–water partition coefficient (Wildman–Crippen LogP) is 3.11. The van der Waals surface area contributed by atoms with Crippen molar-refractivity contribution < 1.29 is 4.42 Å².